The second kappa shape index (κ2) is 11.4. The number of nitrogens with zero attached hydrogens (tertiary/aromatic N) is 4. The molecule has 1 saturated carbocycles. The molecular formula is C36H31N7O5. The smallest absolute Gasteiger partial charge is 0.255 e. The predicted molar refractivity (Wildman–Crippen MR) is 174 cm³/mol. The van der Waals surface area contributed by atoms with Gasteiger partial charge in [-0.25, -0.2) is 4.98 Å². The predicted octanol–water partition coefficient (Wildman–Crippen LogP) is 3.08. The zero-order valence-corrected chi connectivity index (χ0v) is 25.9. The molecule has 12 nitrogen and oxygen atoms in total. The molecule has 2 aromatic carbocycles. The second-order valence-electron chi connectivity index (χ2n) is 12.6. The van der Waals surface area contributed by atoms with E-state index in [1.807, 2.05) is 53.1 Å². The Labute approximate surface area is 274 Å². The van der Waals surface area contributed by atoms with Crippen LogP contribution >= 0.6 is 0 Å². The molecule has 240 valence electrons. The lowest BCUT2D eigenvalue weighted by molar-refractivity contribution is -0.137. The van der Waals surface area contributed by atoms with Crippen molar-refractivity contribution < 1.29 is 24.0 Å². The summed E-state index contributed by atoms with van der Waals surface area (Å²) in [5.74, 6) is -1.53. The van der Waals surface area contributed by atoms with E-state index in [-0.39, 0.29) is 56.1 Å². The number of pyridine rings is 2. The third-order valence-electron chi connectivity index (χ3n) is 9.55. The molecule has 5 aromatic rings. The summed E-state index contributed by atoms with van der Waals surface area (Å²) in [5, 5.41) is 10.5. The minimum Gasteiger partial charge on any atom is -0.346 e. The van der Waals surface area contributed by atoms with E-state index >= 15 is 0 Å². The minimum atomic E-state index is -0.714. The number of rotatable bonds is 8. The Morgan fingerprint density at radius 3 is 2.58 bits per heavy atom. The molecule has 0 radical (unpaired) electrons. The molecule has 5 amide bonds. The summed E-state index contributed by atoms with van der Waals surface area (Å²) in [5.41, 5.74) is 4.33. The van der Waals surface area contributed by atoms with Crippen LogP contribution in [-0.4, -0.2) is 55.0 Å². The lowest BCUT2D eigenvalue weighted by Crippen LogP contribution is -2.52. The van der Waals surface area contributed by atoms with Crippen molar-refractivity contribution in [3.63, 3.8) is 0 Å². The molecule has 1 atom stereocenters. The van der Waals surface area contributed by atoms with Crippen LogP contribution in [0.3, 0.4) is 0 Å². The van der Waals surface area contributed by atoms with E-state index in [9.17, 15) is 24.0 Å². The van der Waals surface area contributed by atoms with Gasteiger partial charge in [-0.15, -0.1) is 0 Å². The summed E-state index contributed by atoms with van der Waals surface area (Å²) in [6.45, 7) is 0.530. The molecule has 1 aliphatic carbocycles. The van der Waals surface area contributed by atoms with Crippen LogP contribution in [-0.2, 0) is 39.6 Å². The van der Waals surface area contributed by atoms with Crippen LogP contribution in [0, 0.1) is 0 Å². The van der Waals surface area contributed by atoms with Gasteiger partial charge in [-0.05, 0) is 72.9 Å². The van der Waals surface area contributed by atoms with Crippen molar-refractivity contribution in [1.82, 2.24) is 35.4 Å². The average molecular weight is 642 g/mol. The highest BCUT2D eigenvalue weighted by Crippen LogP contribution is 2.45. The highest BCUT2D eigenvalue weighted by Gasteiger charge is 2.46. The number of aromatic nitrogens is 3. The molecule has 48 heavy (non-hydrogen) atoms. The van der Waals surface area contributed by atoms with Crippen molar-refractivity contribution in [2.45, 2.75) is 56.9 Å². The molecule has 2 fully saturated rings. The number of para-hydroxylation sites is 1. The molecule has 2 aliphatic heterocycles. The molecule has 8 rings (SSSR count). The highest BCUT2D eigenvalue weighted by molar-refractivity contribution is 6.07. The first-order valence-electron chi connectivity index (χ1n) is 15.9. The van der Waals surface area contributed by atoms with Crippen molar-refractivity contribution in [2.75, 3.05) is 0 Å². The zero-order valence-electron chi connectivity index (χ0n) is 25.9. The van der Waals surface area contributed by atoms with E-state index in [1.54, 1.807) is 30.6 Å². The van der Waals surface area contributed by atoms with E-state index in [0.29, 0.717) is 22.4 Å². The molecule has 1 saturated heterocycles. The van der Waals surface area contributed by atoms with Gasteiger partial charge in [0.15, 0.2) is 0 Å². The van der Waals surface area contributed by atoms with Crippen molar-refractivity contribution in [3.05, 3.63) is 107 Å². The molecule has 3 N–H and O–H groups in total. The summed E-state index contributed by atoms with van der Waals surface area (Å²) in [4.78, 5) is 73.8. The number of hydrogen-bond donors (Lipinski definition) is 3. The summed E-state index contributed by atoms with van der Waals surface area (Å²) >= 11 is 0. The summed E-state index contributed by atoms with van der Waals surface area (Å²) in [6.07, 6.45) is 5.56. The molecule has 0 bridgehead atoms. The van der Waals surface area contributed by atoms with Gasteiger partial charge in [-0.3, -0.25) is 34.3 Å². The molecule has 3 aromatic heterocycles. The van der Waals surface area contributed by atoms with Crippen molar-refractivity contribution in [3.8, 4) is 0 Å². The highest BCUT2D eigenvalue weighted by atomic mass is 16.2. The maximum absolute atomic E-state index is 13.3. The Bertz CT molecular complexity index is 2120. The fourth-order valence-corrected chi connectivity index (χ4v) is 6.89. The minimum absolute atomic E-state index is 0.103. The first kappa shape index (κ1) is 29.5. The third-order valence-corrected chi connectivity index (χ3v) is 9.55. The lowest BCUT2D eigenvalue weighted by Gasteiger charge is -2.29. The van der Waals surface area contributed by atoms with Crippen LogP contribution in [0.2, 0.25) is 0 Å². The summed E-state index contributed by atoms with van der Waals surface area (Å²) in [6, 6.07) is 19.8. The number of carbonyl (C=O) groups is 5. The van der Waals surface area contributed by atoms with Crippen LogP contribution in [0.1, 0.15) is 63.2 Å². The molecule has 0 spiro atoms. The van der Waals surface area contributed by atoms with Gasteiger partial charge in [-0.1, -0.05) is 24.3 Å². The second-order valence-corrected chi connectivity index (χ2v) is 12.6. The van der Waals surface area contributed by atoms with Crippen LogP contribution in [0.25, 0.3) is 21.9 Å². The molecular weight excluding hydrogens is 610 g/mol. The maximum Gasteiger partial charge on any atom is 0.255 e. The first-order valence-corrected chi connectivity index (χ1v) is 15.9. The first-order chi connectivity index (χ1) is 23.3. The Morgan fingerprint density at radius 1 is 0.958 bits per heavy atom. The fourth-order valence-electron chi connectivity index (χ4n) is 6.89. The number of amides is 5. The van der Waals surface area contributed by atoms with E-state index in [4.69, 9.17) is 0 Å². The van der Waals surface area contributed by atoms with Crippen LogP contribution in [0.15, 0.2) is 79.1 Å². The monoisotopic (exact) mass is 641 g/mol. The van der Waals surface area contributed by atoms with E-state index in [2.05, 4.69) is 25.9 Å². The molecule has 5 heterocycles. The van der Waals surface area contributed by atoms with Crippen molar-refractivity contribution in [2.24, 2.45) is 0 Å². The molecule has 3 aliphatic rings. The fraction of sp³-hybridized carbons (Fsp3) is 0.250. The van der Waals surface area contributed by atoms with Gasteiger partial charge < -0.3 is 20.1 Å². The van der Waals surface area contributed by atoms with Gasteiger partial charge in [0.2, 0.25) is 17.7 Å². The Balaban J connectivity index is 0.894. The third kappa shape index (κ3) is 5.15. The Morgan fingerprint density at radius 2 is 1.79 bits per heavy atom. The van der Waals surface area contributed by atoms with Crippen LogP contribution in [0.5, 0.6) is 0 Å². The zero-order chi connectivity index (χ0) is 33.0. The Hall–Kier alpha value is -5.91. The van der Waals surface area contributed by atoms with E-state index in [0.717, 1.165) is 40.3 Å². The van der Waals surface area contributed by atoms with E-state index in [1.165, 1.54) is 4.90 Å². The number of nitrogens with one attached hydrogen (secondary N) is 3. The lowest BCUT2D eigenvalue weighted by atomic mass is 10.0. The standard InChI is InChI=1S/C36H31N7O5/c44-30-12-11-29(34(47)40-30)43-19-22-16-21(7-10-25(22)35(43)48)33(46)39-18-24-9-8-23(17-38-24)36(13-14-36)41-31(45)20-42-28-6-2-1-4-26(28)27-5-3-15-37-32(27)42/h1-10,15-17,29H,11-14,18-20H2,(H,39,46)(H,41,45)(H,40,44,47). The van der Waals surface area contributed by atoms with Gasteiger partial charge in [0.1, 0.15) is 18.2 Å². The van der Waals surface area contributed by atoms with Crippen LogP contribution < -0.4 is 16.0 Å². The molecule has 12 heteroatoms. The SMILES string of the molecule is O=C1CCC(N2Cc3cc(C(=O)NCc4ccc(C5(NC(=O)Cn6c7ccccc7c7cccnc76)CC5)cn4)ccc3C2=O)C(=O)N1. The maximum atomic E-state index is 13.3. The number of carbonyl (C=O) groups excluding carboxylic acids is 5. The summed E-state index contributed by atoms with van der Waals surface area (Å²) in [7, 11) is 0. The largest absolute Gasteiger partial charge is 0.346 e. The Kier molecular flexibility index (Phi) is 7.01. The van der Waals surface area contributed by atoms with Gasteiger partial charge in [0, 0.05) is 47.3 Å². The normalized spacial score (nSPS) is 18.1. The summed E-state index contributed by atoms with van der Waals surface area (Å²) < 4.78 is 1.95. The van der Waals surface area contributed by atoms with Gasteiger partial charge >= 0.3 is 0 Å². The number of imide groups is 1. The quantitative estimate of drug-likeness (QED) is 0.220. The number of fused-ring (bicyclic) bond motifs is 4. The topological polar surface area (TPSA) is 155 Å². The number of piperidine rings is 1. The number of benzene rings is 2. The van der Waals surface area contributed by atoms with Gasteiger partial charge in [0.05, 0.1) is 23.3 Å². The number of hydrogen-bond acceptors (Lipinski definition) is 7. The molecule has 1 unspecified atom stereocenters. The average Bonchev–Trinajstić information content (AvgIpc) is 3.72. The van der Waals surface area contributed by atoms with E-state index < -0.39 is 17.5 Å². The van der Waals surface area contributed by atoms with Gasteiger partial charge in [0.25, 0.3) is 11.8 Å². The van der Waals surface area contributed by atoms with Crippen molar-refractivity contribution >= 4 is 51.5 Å². The van der Waals surface area contributed by atoms with Crippen LogP contribution in [0.4, 0.5) is 0 Å². The van der Waals surface area contributed by atoms with Crippen molar-refractivity contribution in [1.29, 1.82) is 0 Å². The van der Waals surface area contributed by atoms with Gasteiger partial charge in [-0.2, -0.15) is 0 Å².